The van der Waals surface area contributed by atoms with Gasteiger partial charge >= 0.3 is 5.97 Å². The minimum absolute atomic E-state index is 0.0869. The molecule has 1 amide bonds. The summed E-state index contributed by atoms with van der Waals surface area (Å²) in [5.41, 5.74) is 7.21. The topological polar surface area (TPSA) is 111 Å². The average molecular weight is 537 g/mol. The second kappa shape index (κ2) is 14.5. The molecule has 9 heteroatoms. The summed E-state index contributed by atoms with van der Waals surface area (Å²) in [6.07, 6.45) is 0.191. The van der Waals surface area contributed by atoms with Crippen LogP contribution in [-0.4, -0.2) is 59.1 Å². The molecule has 0 saturated heterocycles. The quantitative estimate of drug-likeness (QED) is 0.218. The van der Waals surface area contributed by atoms with Crippen LogP contribution >= 0.6 is 23.2 Å². The van der Waals surface area contributed by atoms with Gasteiger partial charge in [-0.15, -0.1) is 23.2 Å². The lowest BCUT2D eigenvalue weighted by molar-refractivity contribution is -0.150. The highest BCUT2D eigenvalue weighted by Gasteiger charge is 2.46. The molecule has 0 radical (unpaired) electrons. The Morgan fingerprint density at radius 3 is 2.31 bits per heavy atom. The first kappa shape index (κ1) is 28.4. The van der Waals surface area contributed by atoms with Crippen molar-refractivity contribution in [2.75, 3.05) is 13.2 Å². The van der Waals surface area contributed by atoms with Crippen LogP contribution in [0.4, 0.5) is 0 Å². The molecule has 0 heterocycles. The summed E-state index contributed by atoms with van der Waals surface area (Å²) in [6, 6.07) is 17.7. The molecule has 196 valence electrons. The molecule has 36 heavy (non-hydrogen) atoms. The van der Waals surface area contributed by atoms with Crippen molar-refractivity contribution in [2.45, 2.75) is 61.3 Å². The largest absolute Gasteiger partial charge is 0.459 e. The molecule has 0 aromatic heterocycles. The van der Waals surface area contributed by atoms with Crippen molar-refractivity contribution >= 4 is 35.1 Å². The van der Waals surface area contributed by atoms with E-state index in [4.69, 9.17) is 38.4 Å². The molecule has 0 aliphatic heterocycles. The van der Waals surface area contributed by atoms with E-state index in [0.717, 1.165) is 24.0 Å². The minimum atomic E-state index is -1.18. The number of carbonyl (C=O) groups excluding carboxylic acids is 2. The maximum Gasteiger partial charge on any atom is 0.329 e. The van der Waals surface area contributed by atoms with Crippen molar-refractivity contribution < 1.29 is 24.2 Å². The number of hydrogen-bond acceptors (Lipinski definition) is 6. The van der Waals surface area contributed by atoms with Crippen LogP contribution < -0.4 is 11.1 Å². The van der Waals surface area contributed by atoms with Crippen LogP contribution in [0, 0.1) is 5.92 Å². The summed E-state index contributed by atoms with van der Waals surface area (Å²) in [4.78, 5) is 26.2. The lowest BCUT2D eigenvalue weighted by Crippen LogP contribution is -2.56. The third-order valence-electron chi connectivity index (χ3n) is 6.24. The number of hydrogen-bond donors (Lipinski definition) is 3. The first-order chi connectivity index (χ1) is 17.4. The third kappa shape index (κ3) is 8.18. The van der Waals surface area contributed by atoms with E-state index >= 15 is 0 Å². The van der Waals surface area contributed by atoms with Crippen molar-refractivity contribution in [3.63, 3.8) is 0 Å². The van der Waals surface area contributed by atoms with Crippen molar-refractivity contribution in [3.05, 3.63) is 71.8 Å². The lowest BCUT2D eigenvalue weighted by Gasteiger charge is -2.39. The molecular formula is C27H34Cl2N2O5. The Balaban J connectivity index is 1.65. The van der Waals surface area contributed by atoms with Gasteiger partial charge < -0.3 is 25.6 Å². The van der Waals surface area contributed by atoms with E-state index in [2.05, 4.69) is 5.32 Å². The van der Waals surface area contributed by atoms with Gasteiger partial charge in [0, 0.05) is 13.0 Å². The molecule has 1 aliphatic carbocycles. The number of ether oxygens (including phenoxy) is 2. The summed E-state index contributed by atoms with van der Waals surface area (Å²) < 4.78 is 11.3. The van der Waals surface area contributed by atoms with Crippen LogP contribution in [0.5, 0.6) is 0 Å². The summed E-state index contributed by atoms with van der Waals surface area (Å²) in [5.74, 6) is -1.95. The van der Waals surface area contributed by atoms with Crippen molar-refractivity contribution in [1.29, 1.82) is 0 Å². The second-order valence-corrected chi connectivity index (χ2v) is 10.0. The van der Waals surface area contributed by atoms with Crippen LogP contribution in [0.1, 0.15) is 30.4 Å². The van der Waals surface area contributed by atoms with Gasteiger partial charge in [0.25, 0.3) is 0 Å². The Kier molecular flexibility index (Phi) is 11.5. The molecule has 1 aliphatic rings. The first-order valence-electron chi connectivity index (χ1n) is 12.2. The molecule has 3 rings (SSSR count). The summed E-state index contributed by atoms with van der Waals surface area (Å²) >= 11 is 13.0. The van der Waals surface area contributed by atoms with Gasteiger partial charge in [0.2, 0.25) is 5.91 Å². The van der Waals surface area contributed by atoms with Gasteiger partial charge in [-0.25, -0.2) is 4.79 Å². The molecular weight excluding hydrogens is 503 g/mol. The molecule has 6 atom stereocenters. The molecule has 0 spiro atoms. The van der Waals surface area contributed by atoms with E-state index in [1.54, 1.807) is 0 Å². The number of benzene rings is 2. The summed E-state index contributed by atoms with van der Waals surface area (Å²) in [7, 11) is 0. The Hall–Kier alpha value is -2.16. The van der Waals surface area contributed by atoms with Gasteiger partial charge in [0.05, 0.1) is 28.9 Å². The highest BCUT2D eigenvalue weighted by molar-refractivity contribution is 6.25. The Bertz CT molecular complexity index is 950. The van der Waals surface area contributed by atoms with Gasteiger partial charge in [0.1, 0.15) is 12.6 Å². The molecule has 2 aromatic carbocycles. The van der Waals surface area contributed by atoms with Crippen molar-refractivity contribution in [1.82, 2.24) is 5.32 Å². The smallest absolute Gasteiger partial charge is 0.329 e. The predicted octanol–water partition coefficient (Wildman–Crippen LogP) is 3.18. The fourth-order valence-electron chi connectivity index (χ4n) is 4.21. The molecule has 5 unspecified atom stereocenters. The normalized spacial score (nSPS) is 24.6. The molecule has 7 nitrogen and oxygen atoms in total. The summed E-state index contributed by atoms with van der Waals surface area (Å²) in [5, 5.41) is 12.2. The SMILES string of the molecule is NCCCCOC1C(Cl)CC(C(=O)N[C@H](Cc2ccccc2)C(=O)OCc2ccccc2)C(O)C1Cl. The summed E-state index contributed by atoms with van der Waals surface area (Å²) in [6.45, 7) is 1.07. The number of carbonyl (C=O) groups is 2. The molecule has 0 bridgehead atoms. The minimum Gasteiger partial charge on any atom is -0.459 e. The fraction of sp³-hybridized carbons (Fsp3) is 0.481. The number of aliphatic hydroxyl groups excluding tert-OH is 1. The molecule has 1 fully saturated rings. The van der Waals surface area contributed by atoms with Crippen molar-refractivity contribution in [3.8, 4) is 0 Å². The van der Waals surface area contributed by atoms with Crippen molar-refractivity contribution in [2.24, 2.45) is 11.7 Å². The van der Waals surface area contributed by atoms with E-state index in [9.17, 15) is 14.7 Å². The molecule has 4 N–H and O–H groups in total. The van der Waals surface area contributed by atoms with Gasteiger partial charge in [-0.05, 0) is 36.9 Å². The number of nitrogens with one attached hydrogen (secondary N) is 1. The number of esters is 1. The Morgan fingerprint density at radius 2 is 1.67 bits per heavy atom. The zero-order valence-corrected chi connectivity index (χ0v) is 21.6. The van der Waals surface area contributed by atoms with E-state index in [-0.39, 0.29) is 19.4 Å². The van der Waals surface area contributed by atoms with Gasteiger partial charge in [-0.2, -0.15) is 0 Å². The first-order valence-corrected chi connectivity index (χ1v) is 13.1. The van der Waals surface area contributed by atoms with Crippen LogP contribution in [-0.2, 0) is 32.1 Å². The zero-order chi connectivity index (χ0) is 25.9. The van der Waals surface area contributed by atoms with Gasteiger partial charge in [-0.1, -0.05) is 60.7 Å². The number of unbranched alkanes of at least 4 members (excludes halogenated alkanes) is 1. The third-order valence-corrected chi connectivity index (χ3v) is 7.17. The maximum atomic E-state index is 13.2. The number of rotatable bonds is 12. The van der Waals surface area contributed by atoms with Gasteiger partial charge in [0.15, 0.2) is 0 Å². The standard InChI is InChI=1S/C27H34Cl2N2O5/c28-21-16-20(24(32)23(29)25(21)35-14-8-7-13-30)26(33)31-22(15-18-9-3-1-4-10-18)27(34)36-17-19-11-5-2-6-12-19/h1-6,9-12,20-25,32H,7-8,13-17,30H2,(H,31,33)/t20?,21?,22-,23?,24?,25?/m1/s1. The fourth-order valence-corrected chi connectivity index (χ4v) is 5.13. The number of alkyl halides is 2. The number of amides is 1. The van der Waals surface area contributed by atoms with Crippen LogP contribution in [0.25, 0.3) is 0 Å². The van der Waals surface area contributed by atoms with E-state index in [0.29, 0.717) is 13.2 Å². The highest BCUT2D eigenvalue weighted by Crippen LogP contribution is 2.34. The van der Waals surface area contributed by atoms with E-state index in [1.165, 1.54) is 0 Å². The predicted molar refractivity (Wildman–Crippen MR) is 140 cm³/mol. The van der Waals surface area contributed by atoms with Crippen LogP contribution in [0.3, 0.4) is 0 Å². The number of nitrogens with two attached hydrogens (primary N) is 1. The Morgan fingerprint density at radius 1 is 1.03 bits per heavy atom. The maximum absolute atomic E-state index is 13.2. The van der Waals surface area contributed by atoms with E-state index < -0.39 is 46.8 Å². The second-order valence-electron chi connectivity index (χ2n) is 8.97. The average Bonchev–Trinajstić information content (AvgIpc) is 2.89. The lowest BCUT2D eigenvalue weighted by atomic mass is 9.83. The zero-order valence-electron chi connectivity index (χ0n) is 20.1. The highest BCUT2D eigenvalue weighted by atomic mass is 35.5. The van der Waals surface area contributed by atoms with Gasteiger partial charge in [-0.3, -0.25) is 4.79 Å². The monoisotopic (exact) mass is 536 g/mol. The van der Waals surface area contributed by atoms with Crippen LogP contribution in [0.2, 0.25) is 0 Å². The van der Waals surface area contributed by atoms with E-state index in [1.807, 2.05) is 60.7 Å². The molecule has 1 saturated carbocycles. The number of halogens is 2. The molecule has 2 aromatic rings. The Labute approximate surface area is 222 Å². The number of aliphatic hydroxyl groups is 1. The van der Waals surface area contributed by atoms with Crippen LogP contribution in [0.15, 0.2) is 60.7 Å².